The standard InChI is InChI=1S/C14H14N2O5/c1-21-10-4-2-3-9(7-10)5-6-12(18)16-13(19)8-11(17)15-14(16)20/h2-4,7-8,19H,5-6H2,1H3,(H,15,17,20). The highest BCUT2D eigenvalue weighted by Crippen LogP contribution is 2.14. The number of H-pyrrole nitrogens is 1. The Hall–Kier alpha value is -2.83. The number of ether oxygens (including phenoxy) is 1. The van der Waals surface area contributed by atoms with Gasteiger partial charge in [-0.05, 0) is 24.1 Å². The van der Waals surface area contributed by atoms with Crippen LogP contribution in [0.4, 0.5) is 0 Å². The summed E-state index contributed by atoms with van der Waals surface area (Å²) < 4.78 is 5.62. The lowest BCUT2D eigenvalue weighted by Gasteiger charge is -2.07. The first-order chi connectivity index (χ1) is 10.0. The molecule has 1 heterocycles. The zero-order chi connectivity index (χ0) is 15.4. The minimum atomic E-state index is -0.948. The van der Waals surface area contributed by atoms with Gasteiger partial charge in [0.1, 0.15) is 5.75 Å². The minimum Gasteiger partial charge on any atom is -0.497 e. The lowest BCUT2D eigenvalue weighted by molar-refractivity contribution is 0.0886. The molecule has 2 N–H and O–H groups in total. The van der Waals surface area contributed by atoms with Crippen molar-refractivity contribution in [3.05, 3.63) is 56.7 Å². The molecule has 0 amide bonds. The summed E-state index contributed by atoms with van der Waals surface area (Å²) in [7, 11) is 1.54. The average molecular weight is 290 g/mol. The first-order valence-electron chi connectivity index (χ1n) is 6.22. The van der Waals surface area contributed by atoms with Crippen molar-refractivity contribution in [3.8, 4) is 11.6 Å². The molecule has 0 saturated heterocycles. The van der Waals surface area contributed by atoms with Gasteiger partial charge in [0.05, 0.1) is 13.2 Å². The molecule has 7 heteroatoms. The van der Waals surface area contributed by atoms with Crippen molar-refractivity contribution in [2.45, 2.75) is 12.8 Å². The number of aromatic hydroxyl groups is 1. The number of carbonyl (C=O) groups is 1. The number of aromatic nitrogens is 2. The van der Waals surface area contributed by atoms with Crippen molar-refractivity contribution < 1.29 is 14.6 Å². The topological polar surface area (TPSA) is 101 Å². The third kappa shape index (κ3) is 3.38. The van der Waals surface area contributed by atoms with Crippen LogP contribution >= 0.6 is 0 Å². The maximum Gasteiger partial charge on any atom is 0.338 e. The molecule has 21 heavy (non-hydrogen) atoms. The van der Waals surface area contributed by atoms with Crippen LogP contribution in [0, 0.1) is 0 Å². The molecule has 0 radical (unpaired) electrons. The van der Waals surface area contributed by atoms with Gasteiger partial charge in [-0.2, -0.15) is 0 Å². The van der Waals surface area contributed by atoms with Crippen LogP contribution in [0.1, 0.15) is 16.8 Å². The van der Waals surface area contributed by atoms with E-state index in [0.717, 1.165) is 11.6 Å². The van der Waals surface area contributed by atoms with Gasteiger partial charge in [-0.15, -0.1) is 0 Å². The number of nitrogens with zero attached hydrogens (tertiary/aromatic N) is 1. The molecule has 0 spiro atoms. The van der Waals surface area contributed by atoms with E-state index >= 15 is 0 Å². The fourth-order valence-corrected chi connectivity index (χ4v) is 1.92. The number of hydrogen-bond donors (Lipinski definition) is 2. The average Bonchev–Trinajstić information content (AvgIpc) is 2.44. The third-order valence-corrected chi connectivity index (χ3v) is 2.93. The van der Waals surface area contributed by atoms with Gasteiger partial charge in [0.2, 0.25) is 11.8 Å². The number of hydrogen-bond acceptors (Lipinski definition) is 5. The number of aryl methyl sites for hydroxylation is 1. The molecule has 2 aromatic rings. The van der Waals surface area contributed by atoms with Gasteiger partial charge in [0.25, 0.3) is 5.56 Å². The van der Waals surface area contributed by atoms with Crippen molar-refractivity contribution in [1.29, 1.82) is 0 Å². The van der Waals surface area contributed by atoms with E-state index in [-0.39, 0.29) is 6.42 Å². The highest BCUT2D eigenvalue weighted by atomic mass is 16.5. The molecular formula is C14H14N2O5. The van der Waals surface area contributed by atoms with Gasteiger partial charge in [0, 0.05) is 6.42 Å². The quantitative estimate of drug-likeness (QED) is 0.855. The summed E-state index contributed by atoms with van der Waals surface area (Å²) in [4.78, 5) is 36.4. The predicted molar refractivity (Wildman–Crippen MR) is 74.9 cm³/mol. The highest BCUT2D eigenvalue weighted by molar-refractivity contribution is 5.80. The molecule has 110 valence electrons. The molecule has 1 aromatic heterocycles. The Bertz CT molecular complexity index is 775. The van der Waals surface area contributed by atoms with Crippen LogP contribution in [0.15, 0.2) is 39.9 Å². The molecule has 7 nitrogen and oxygen atoms in total. The molecular weight excluding hydrogens is 276 g/mol. The molecule has 0 aliphatic carbocycles. The summed E-state index contributed by atoms with van der Waals surface area (Å²) in [5.41, 5.74) is -0.843. The van der Waals surface area contributed by atoms with E-state index in [4.69, 9.17) is 4.74 Å². The number of nitrogens with one attached hydrogen (secondary N) is 1. The Morgan fingerprint density at radius 2 is 2.10 bits per heavy atom. The monoisotopic (exact) mass is 290 g/mol. The molecule has 1 aromatic carbocycles. The van der Waals surface area contributed by atoms with Crippen LogP contribution in [0.5, 0.6) is 11.6 Å². The maximum atomic E-state index is 12.0. The van der Waals surface area contributed by atoms with Gasteiger partial charge in [-0.1, -0.05) is 12.1 Å². The Balaban J connectivity index is 2.15. The van der Waals surface area contributed by atoms with Gasteiger partial charge in [-0.3, -0.25) is 14.6 Å². The van der Waals surface area contributed by atoms with Gasteiger partial charge >= 0.3 is 5.69 Å². The molecule has 0 aliphatic rings. The summed E-state index contributed by atoms with van der Waals surface area (Å²) in [6, 6.07) is 7.96. The summed E-state index contributed by atoms with van der Waals surface area (Å²) >= 11 is 0. The largest absolute Gasteiger partial charge is 0.497 e. The number of methoxy groups -OCH3 is 1. The Kier molecular flexibility index (Phi) is 4.22. The third-order valence-electron chi connectivity index (χ3n) is 2.93. The zero-order valence-electron chi connectivity index (χ0n) is 11.3. The smallest absolute Gasteiger partial charge is 0.338 e. The fourth-order valence-electron chi connectivity index (χ4n) is 1.92. The van der Waals surface area contributed by atoms with Crippen molar-refractivity contribution >= 4 is 5.91 Å². The summed E-state index contributed by atoms with van der Waals surface area (Å²) in [6.45, 7) is 0. The highest BCUT2D eigenvalue weighted by Gasteiger charge is 2.13. The Labute approximate surface area is 119 Å². The second-order valence-corrected chi connectivity index (χ2v) is 4.38. The summed E-state index contributed by atoms with van der Waals surface area (Å²) in [5.74, 6) is -0.597. The van der Waals surface area contributed by atoms with Gasteiger partial charge < -0.3 is 9.84 Å². The van der Waals surface area contributed by atoms with E-state index in [1.54, 1.807) is 25.3 Å². The number of carbonyl (C=O) groups excluding carboxylic acids is 1. The van der Waals surface area contributed by atoms with Crippen LogP contribution in [0.2, 0.25) is 0 Å². The first-order valence-corrected chi connectivity index (χ1v) is 6.22. The zero-order valence-corrected chi connectivity index (χ0v) is 11.3. The minimum absolute atomic E-state index is 0.00663. The molecule has 0 atom stereocenters. The maximum absolute atomic E-state index is 12.0. The van der Waals surface area contributed by atoms with Crippen LogP contribution in [0.25, 0.3) is 0 Å². The van der Waals surface area contributed by atoms with E-state index in [0.29, 0.717) is 16.7 Å². The number of benzene rings is 1. The second kappa shape index (κ2) is 6.08. The van der Waals surface area contributed by atoms with E-state index in [9.17, 15) is 19.5 Å². The normalized spacial score (nSPS) is 10.3. The number of aromatic amines is 1. The van der Waals surface area contributed by atoms with E-state index in [1.807, 2.05) is 11.1 Å². The van der Waals surface area contributed by atoms with Crippen molar-refractivity contribution in [3.63, 3.8) is 0 Å². The summed E-state index contributed by atoms with van der Waals surface area (Å²) in [6.07, 6.45) is 0.383. The van der Waals surface area contributed by atoms with Crippen LogP contribution in [0.3, 0.4) is 0 Å². The lowest BCUT2D eigenvalue weighted by atomic mass is 10.1. The predicted octanol–water partition coefficient (Wildman–Crippen LogP) is 0.524. The van der Waals surface area contributed by atoms with Crippen molar-refractivity contribution in [1.82, 2.24) is 9.55 Å². The SMILES string of the molecule is COc1cccc(CCC(=O)n2c(O)cc(=O)[nH]c2=O)c1. The molecule has 0 fully saturated rings. The van der Waals surface area contributed by atoms with E-state index in [2.05, 4.69) is 0 Å². The van der Waals surface area contributed by atoms with E-state index < -0.39 is 23.0 Å². The molecule has 0 bridgehead atoms. The molecule has 0 aliphatic heterocycles. The second-order valence-electron chi connectivity index (χ2n) is 4.38. The molecule has 2 rings (SSSR count). The Morgan fingerprint density at radius 1 is 1.33 bits per heavy atom. The fraction of sp³-hybridized carbons (Fsp3) is 0.214. The first kappa shape index (κ1) is 14.6. The van der Waals surface area contributed by atoms with Crippen LogP contribution in [-0.4, -0.2) is 27.7 Å². The van der Waals surface area contributed by atoms with Crippen LogP contribution < -0.4 is 16.0 Å². The lowest BCUT2D eigenvalue weighted by Crippen LogP contribution is -2.33. The molecule has 0 saturated carbocycles. The van der Waals surface area contributed by atoms with Crippen molar-refractivity contribution in [2.75, 3.05) is 7.11 Å². The van der Waals surface area contributed by atoms with Gasteiger partial charge in [-0.25, -0.2) is 9.36 Å². The summed E-state index contributed by atoms with van der Waals surface area (Å²) in [5, 5.41) is 9.52. The van der Waals surface area contributed by atoms with Crippen LogP contribution in [-0.2, 0) is 6.42 Å². The van der Waals surface area contributed by atoms with E-state index in [1.165, 1.54) is 0 Å². The van der Waals surface area contributed by atoms with Gasteiger partial charge in [0.15, 0.2) is 0 Å². The van der Waals surface area contributed by atoms with Crippen molar-refractivity contribution in [2.24, 2.45) is 0 Å². The molecule has 0 unspecified atom stereocenters. The Morgan fingerprint density at radius 3 is 2.76 bits per heavy atom. The number of rotatable bonds is 4.